The molecule has 0 saturated carbocycles. The first-order valence-corrected chi connectivity index (χ1v) is 4.91. The van der Waals surface area contributed by atoms with Crippen molar-refractivity contribution in [2.45, 2.75) is 18.4 Å². The molecular formula is C11H14N2. The molecule has 1 heterocycles. The number of fused-ring (bicyclic) bond motifs is 1. The number of hydrogen-bond acceptors (Lipinski definition) is 2. The first-order chi connectivity index (χ1) is 6.38. The van der Waals surface area contributed by atoms with Crippen LogP contribution >= 0.6 is 0 Å². The van der Waals surface area contributed by atoms with Crippen LogP contribution in [0.15, 0.2) is 24.3 Å². The quantitative estimate of drug-likeness (QED) is 0.604. The molecule has 0 radical (unpaired) electrons. The summed E-state index contributed by atoms with van der Waals surface area (Å²) < 4.78 is 0. The van der Waals surface area contributed by atoms with Gasteiger partial charge in [0.2, 0.25) is 0 Å². The average Bonchev–Trinajstić information content (AvgIpc) is 2.72. The predicted octanol–water partition coefficient (Wildman–Crippen LogP) is 0.674. The van der Waals surface area contributed by atoms with E-state index in [0.29, 0.717) is 5.54 Å². The van der Waals surface area contributed by atoms with Crippen molar-refractivity contribution in [1.82, 2.24) is 10.6 Å². The molecule has 1 aliphatic heterocycles. The van der Waals surface area contributed by atoms with Crippen molar-refractivity contribution >= 4 is 0 Å². The summed E-state index contributed by atoms with van der Waals surface area (Å²) in [6.45, 7) is 2.08. The van der Waals surface area contributed by atoms with Crippen LogP contribution in [0.2, 0.25) is 0 Å². The maximum atomic E-state index is 3.57. The summed E-state index contributed by atoms with van der Waals surface area (Å²) >= 11 is 0. The van der Waals surface area contributed by atoms with Crippen LogP contribution in [0, 0.1) is 0 Å². The van der Waals surface area contributed by atoms with Gasteiger partial charge in [0.05, 0.1) is 0 Å². The summed E-state index contributed by atoms with van der Waals surface area (Å²) in [5.74, 6) is 0. The second-order valence-corrected chi connectivity index (χ2v) is 4.18. The van der Waals surface area contributed by atoms with E-state index in [9.17, 15) is 0 Å². The van der Waals surface area contributed by atoms with Crippen molar-refractivity contribution in [1.29, 1.82) is 0 Å². The number of rotatable bonds is 0. The summed E-state index contributed by atoms with van der Waals surface area (Å²) in [4.78, 5) is 0. The molecule has 1 aromatic rings. The highest BCUT2D eigenvalue weighted by molar-refractivity contribution is 5.37. The molecule has 1 fully saturated rings. The Balaban J connectivity index is 1.96. The van der Waals surface area contributed by atoms with E-state index in [1.807, 2.05) is 0 Å². The molecule has 1 aliphatic carbocycles. The van der Waals surface area contributed by atoms with Gasteiger partial charge in [-0.1, -0.05) is 24.3 Å². The van der Waals surface area contributed by atoms with Gasteiger partial charge in [-0.15, -0.1) is 0 Å². The lowest BCUT2D eigenvalue weighted by Crippen LogP contribution is -2.43. The van der Waals surface area contributed by atoms with Gasteiger partial charge in [-0.3, -0.25) is 5.32 Å². The Morgan fingerprint density at radius 3 is 2.31 bits per heavy atom. The van der Waals surface area contributed by atoms with E-state index < -0.39 is 0 Å². The van der Waals surface area contributed by atoms with E-state index in [0.717, 1.165) is 13.2 Å². The summed E-state index contributed by atoms with van der Waals surface area (Å²) in [6.07, 6.45) is 2.38. The number of hydrogen-bond donors (Lipinski definition) is 2. The highest BCUT2D eigenvalue weighted by Crippen LogP contribution is 2.30. The maximum Gasteiger partial charge on any atom is 0.0459 e. The first-order valence-electron chi connectivity index (χ1n) is 4.91. The third kappa shape index (κ3) is 1.10. The fourth-order valence-electron chi connectivity index (χ4n) is 2.56. The van der Waals surface area contributed by atoms with Gasteiger partial charge in [-0.2, -0.15) is 0 Å². The molecule has 1 saturated heterocycles. The lowest BCUT2D eigenvalue weighted by Gasteiger charge is -2.21. The summed E-state index contributed by atoms with van der Waals surface area (Å²) in [6, 6.07) is 8.79. The molecule has 3 rings (SSSR count). The summed E-state index contributed by atoms with van der Waals surface area (Å²) in [5.41, 5.74) is 3.39. The van der Waals surface area contributed by atoms with Crippen molar-refractivity contribution in [3.63, 3.8) is 0 Å². The molecule has 1 aromatic carbocycles. The summed E-state index contributed by atoms with van der Waals surface area (Å²) in [5, 5.41) is 6.95. The third-order valence-corrected chi connectivity index (χ3v) is 3.23. The van der Waals surface area contributed by atoms with Gasteiger partial charge in [0.1, 0.15) is 0 Å². The fourth-order valence-corrected chi connectivity index (χ4v) is 2.56. The van der Waals surface area contributed by atoms with Gasteiger partial charge in [-0.25, -0.2) is 0 Å². The van der Waals surface area contributed by atoms with E-state index in [4.69, 9.17) is 0 Å². The molecule has 2 N–H and O–H groups in total. The molecule has 0 amide bonds. The number of nitrogens with one attached hydrogen (secondary N) is 2. The Labute approximate surface area is 78.3 Å². The molecule has 2 heteroatoms. The van der Waals surface area contributed by atoms with Crippen LogP contribution in [-0.4, -0.2) is 18.8 Å². The van der Waals surface area contributed by atoms with Crippen LogP contribution in [0.25, 0.3) is 0 Å². The van der Waals surface area contributed by atoms with Crippen molar-refractivity contribution in [3.8, 4) is 0 Å². The molecular weight excluding hydrogens is 160 g/mol. The van der Waals surface area contributed by atoms with Gasteiger partial charge in [0.25, 0.3) is 0 Å². The maximum absolute atomic E-state index is 3.57. The van der Waals surface area contributed by atoms with Gasteiger partial charge in [0.15, 0.2) is 0 Å². The van der Waals surface area contributed by atoms with Gasteiger partial charge >= 0.3 is 0 Å². The van der Waals surface area contributed by atoms with Crippen LogP contribution in [-0.2, 0) is 12.8 Å². The Bertz CT molecular complexity index is 300. The third-order valence-electron chi connectivity index (χ3n) is 3.23. The summed E-state index contributed by atoms with van der Waals surface area (Å²) in [7, 11) is 0. The van der Waals surface area contributed by atoms with Crippen molar-refractivity contribution in [3.05, 3.63) is 35.4 Å². The Hall–Kier alpha value is -0.860. The second-order valence-electron chi connectivity index (χ2n) is 4.18. The second kappa shape index (κ2) is 2.56. The monoisotopic (exact) mass is 174 g/mol. The molecule has 1 spiro atoms. The normalized spacial score (nSPS) is 23.7. The minimum atomic E-state index is 0.337. The SMILES string of the molecule is c1ccc2c(c1)CC1(CNCN1)C2. The molecule has 0 atom stereocenters. The zero-order chi connectivity index (χ0) is 8.73. The molecule has 2 nitrogen and oxygen atoms in total. The molecule has 0 aromatic heterocycles. The lowest BCUT2D eigenvalue weighted by atomic mass is 9.97. The van der Waals surface area contributed by atoms with E-state index in [1.54, 1.807) is 0 Å². The largest absolute Gasteiger partial charge is 0.303 e. The van der Waals surface area contributed by atoms with E-state index in [2.05, 4.69) is 34.9 Å². The minimum absolute atomic E-state index is 0.337. The lowest BCUT2D eigenvalue weighted by molar-refractivity contribution is 0.421. The fraction of sp³-hybridized carbons (Fsp3) is 0.455. The van der Waals surface area contributed by atoms with Crippen LogP contribution in [0.1, 0.15) is 11.1 Å². The van der Waals surface area contributed by atoms with Crippen molar-refractivity contribution < 1.29 is 0 Å². The van der Waals surface area contributed by atoms with Crippen LogP contribution in [0.5, 0.6) is 0 Å². The minimum Gasteiger partial charge on any atom is -0.303 e. The van der Waals surface area contributed by atoms with E-state index in [1.165, 1.54) is 24.0 Å². The smallest absolute Gasteiger partial charge is 0.0459 e. The highest BCUT2D eigenvalue weighted by atomic mass is 15.2. The highest BCUT2D eigenvalue weighted by Gasteiger charge is 2.38. The Morgan fingerprint density at radius 2 is 1.77 bits per heavy atom. The molecule has 0 bridgehead atoms. The first kappa shape index (κ1) is 7.54. The van der Waals surface area contributed by atoms with Gasteiger partial charge in [0, 0.05) is 18.8 Å². The number of benzene rings is 1. The van der Waals surface area contributed by atoms with Crippen molar-refractivity contribution in [2.75, 3.05) is 13.2 Å². The molecule has 2 aliphatic rings. The zero-order valence-electron chi connectivity index (χ0n) is 7.64. The van der Waals surface area contributed by atoms with Crippen LogP contribution < -0.4 is 10.6 Å². The predicted molar refractivity (Wildman–Crippen MR) is 52.6 cm³/mol. The Kier molecular flexibility index (Phi) is 1.49. The van der Waals surface area contributed by atoms with Crippen LogP contribution in [0.4, 0.5) is 0 Å². The molecule has 0 unspecified atom stereocenters. The molecule has 68 valence electrons. The average molecular weight is 174 g/mol. The van der Waals surface area contributed by atoms with Crippen molar-refractivity contribution in [2.24, 2.45) is 0 Å². The van der Waals surface area contributed by atoms with E-state index >= 15 is 0 Å². The van der Waals surface area contributed by atoms with Gasteiger partial charge < -0.3 is 5.32 Å². The van der Waals surface area contributed by atoms with Crippen LogP contribution in [0.3, 0.4) is 0 Å². The standard InChI is InChI=1S/C11H14N2/c1-2-4-10-6-11(5-9(10)3-1)7-12-8-13-11/h1-4,12-13H,5-8H2. The topological polar surface area (TPSA) is 24.1 Å². The molecule has 13 heavy (non-hydrogen) atoms. The Morgan fingerprint density at radius 1 is 1.08 bits per heavy atom. The zero-order valence-corrected chi connectivity index (χ0v) is 7.64. The van der Waals surface area contributed by atoms with Gasteiger partial charge in [-0.05, 0) is 24.0 Å². The van der Waals surface area contributed by atoms with E-state index in [-0.39, 0.29) is 0 Å².